The molecule has 2 aromatic rings. The Hall–Kier alpha value is -0.780. The second-order valence-electron chi connectivity index (χ2n) is 3.52. The Morgan fingerprint density at radius 3 is 2.80 bits per heavy atom. The molecule has 5 heteroatoms. The molecule has 0 aliphatic heterocycles. The van der Waals surface area contributed by atoms with Gasteiger partial charge in [-0.2, -0.15) is 0 Å². The molecule has 0 N–H and O–H groups in total. The van der Waals surface area contributed by atoms with Crippen LogP contribution in [-0.4, -0.2) is 21.9 Å². The minimum atomic E-state index is 0.913. The minimum absolute atomic E-state index is 0.913. The number of aromatic nitrogens is 2. The highest BCUT2D eigenvalue weighted by molar-refractivity contribution is 7.09. The number of hydrogen-bond donors (Lipinski definition) is 0. The molecule has 2 heterocycles. The molecule has 2 aromatic heterocycles. The number of aryl methyl sites for hydroxylation is 1. The first-order chi connectivity index (χ1) is 7.24. The van der Waals surface area contributed by atoms with Crippen LogP contribution in [0.1, 0.15) is 15.6 Å². The van der Waals surface area contributed by atoms with Crippen molar-refractivity contribution in [2.24, 2.45) is 0 Å². The summed E-state index contributed by atoms with van der Waals surface area (Å²) >= 11 is 3.42. The summed E-state index contributed by atoms with van der Waals surface area (Å²) in [5.41, 5.74) is 2.98. The summed E-state index contributed by atoms with van der Waals surface area (Å²) in [6, 6.07) is 0. The van der Waals surface area contributed by atoms with Crippen LogP contribution in [0.25, 0.3) is 0 Å². The van der Waals surface area contributed by atoms with E-state index in [-0.39, 0.29) is 0 Å². The molecule has 0 aromatic carbocycles. The SMILES string of the molecule is Cc1csc(CN(C)Cc2cncs2)n1. The van der Waals surface area contributed by atoms with Crippen molar-refractivity contribution in [1.29, 1.82) is 0 Å². The standard InChI is InChI=1S/C10H13N3S2/c1-8-6-14-10(12-8)5-13(2)4-9-3-11-7-15-9/h3,6-7H,4-5H2,1-2H3. The van der Waals surface area contributed by atoms with Gasteiger partial charge in [0.1, 0.15) is 5.01 Å². The Balaban J connectivity index is 1.90. The van der Waals surface area contributed by atoms with Crippen molar-refractivity contribution in [3.63, 3.8) is 0 Å². The first-order valence-corrected chi connectivity index (χ1v) is 6.47. The first-order valence-electron chi connectivity index (χ1n) is 4.71. The second-order valence-corrected chi connectivity index (χ2v) is 5.44. The summed E-state index contributed by atoms with van der Waals surface area (Å²) in [5.74, 6) is 0. The third-order valence-electron chi connectivity index (χ3n) is 1.98. The molecule has 0 aliphatic rings. The maximum atomic E-state index is 4.44. The monoisotopic (exact) mass is 239 g/mol. The summed E-state index contributed by atoms with van der Waals surface area (Å²) in [6.45, 7) is 3.89. The van der Waals surface area contributed by atoms with Crippen molar-refractivity contribution in [2.45, 2.75) is 20.0 Å². The van der Waals surface area contributed by atoms with Crippen LogP contribution in [0.4, 0.5) is 0 Å². The van der Waals surface area contributed by atoms with Gasteiger partial charge in [0.15, 0.2) is 0 Å². The zero-order valence-electron chi connectivity index (χ0n) is 8.80. The highest BCUT2D eigenvalue weighted by Crippen LogP contribution is 2.14. The highest BCUT2D eigenvalue weighted by atomic mass is 32.1. The Bertz CT molecular complexity index is 408. The van der Waals surface area contributed by atoms with E-state index in [9.17, 15) is 0 Å². The summed E-state index contributed by atoms with van der Waals surface area (Å²) in [6.07, 6.45) is 1.92. The lowest BCUT2D eigenvalue weighted by Crippen LogP contribution is -2.16. The van der Waals surface area contributed by atoms with Gasteiger partial charge < -0.3 is 0 Å². The molecule has 0 fully saturated rings. The summed E-state index contributed by atoms with van der Waals surface area (Å²) in [4.78, 5) is 12.1. The van der Waals surface area contributed by atoms with Crippen LogP contribution in [0.2, 0.25) is 0 Å². The first kappa shape index (κ1) is 10.7. The van der Waals surface area contributed by atoms with Crippen LogP contribution in [0.15, 0.2) is 17.1 Å². The average molecular weight is 239 g/mol. The lowest BCUT2D eigenvalue weighted by atomic mass is 10.4. The molecule has 80 valence electrons. The smallest absolute Gasteiger partial charge is 0.107 e. The lowest BCUT2D eigenvalue weighted by Gasteiger charge is -2.12. The normalized spacial score (nSPS) is 11.1. The quantitative estimate of drug-likeness (QED) is 0.821. The maximum absolute atomic E-state index is 4.44. The van der Waals surface area contributed by atoms with Crippen LogP contribution in [0, 0.1) is 6.92 Å². The van der Waals surface area contributed by atoms with E-state index in [1.165, 1.54) is 9.88 Å². The van der Waals surface area contributed by atoms with Gasteiger partial charge in [-0.25, -0.2) is 4.98 Å². The van der Waals surface area contributed by atoms with Crippen LogP contribution in [-0.2, 0) is 13.1 Å². The Kier molecular flexibility index (Phi) is 3.45. The fourth-order valence-corrected chi connectivity index (χ4v) is 2.87. The number of thiazole rings is 2. The van der Waals surface area contributed by atoms with Gasteiger partial charge in [0.2, 0.25) is 0 Å². The molecule has 2 rings (SSSR count). The molecule has 0 saturated heterocycles. The third-order valence-corrected chi connectivity index (χ3v) is 3.70. The average Bonchev–Trinajstić information content (AvgIpc) is 2.77. The van der Waals surface area contributed by atoms with E-state index in [2.05, 4.69) is 27.3 Å². The van der Waals surface area contributed by atoms with E-state index in [1.54, 1.807) is 22.7 Å². The van der Waals surface area contributed by atoms with Crippen LogP contribution in [0.5, 0.6) is 0 Å². The van der Waals surface area contributed by atoms with Crippen LogP contribution >= 0.6 is 22.7 Å². The van der Waals surface area contributed by atoms with Crippen molar-refractivity contribution in [1.82, 2.24) is 14.9 Å². The largest absolute Gasteiger partial charge is 0.295 e. The van der Waals surface area contributed by atoms with Crippen LogP contribution < -0.4 is 0 Å². The van der Waals surface area contributed by atoms with Gasteiger partial charge in [0.05, 0.1) is 12.1 Å². The van der Waals surface area contributed by atoms with Crippen molar-refractivity contribution in [3.8, 4) is 0 Å². The van der Waals surface area contributed by atoms with E-state index < -0.39 is 0 Å². The second kappa shape index (κ2) is 4.83. The van der Waals surface area contributed by atoms with E-state index in [4.69, 9.17) is 0 Å². The molecule has 0 atom stereocenters. The van der Waals surface area contributed by atoms with E-state index in [1.807, 2.05) is 18.6 Å². The van der Waals surface area contributed by atoms with Gasteiger partial charge >= 0.3 is 0 Å². The fourth-order valence-electron chi connectivity index (χ4n) is 1.35. The van der Waals surface area contributed by atoms with E-state index >= 15 is 0 Å². The van der Waals surface area contributed by atoms with E-state index in [0.29, 0.717) is 0 Å². The molecular formula is C10H13N3S2. The summed E-state index contributed by atoms with van der Waals surface area (Å²) in [5, 5.41) is 3.27. The molecule has 0 aliphatic carbocycles. The molecule has 3 nitrogen and oxygen atoms in total. The molecule has 0 bridgehead atoms. The summed E-state index contributed by atoms with van der Waals surface area (Å²) < 4.78 is 0. The summed E-state index contributed by atoms with van der Waals surface area (Å²) in [7, 11) is 2.11. The molecular weight excluding hydrogens is 226 g/mol. The number of nitrogens with zero attached hydrogens (tertiary/aromatic N) is 3. The Morgan fingerprint density at radius 1 is 1.33 bits per heavy atom. The fraction of sp³-hybridized carbons (Fsp3) is 0.400. The maximum Gasteiger partial charge on any atom is 0.107 e. The highest BCUT2D eigenvalue weighted by Gasteiger charge is 2.05. The van der Waals surface area contributed by atoms with Gasteiger partial charge in [-0.15, -0.1) is 22.7 Å². The molecule has 0 unspecified atom stereocenters. The van der Waals surface area contributed by atoms with Gasteiger partial charge in [-0.1, -0.05) is 0 Å². The lowest BCUT2D eigenvalue weighted by molar-refractivity contribution is 0.321. The van der Waals surface area contributed by atoms with Gasteiger partial charge in [0.25, 0.3) is 0 Å². The number of rotatable bonds is 4. The Labute approximate surface area is 97.4 Å². The van der Waals surface area contributed by atoms with Crippen molar-refractivity contribution in [3.05, 3.63) is 32.7 Å². The number of hydrogen-bond acceptors (Lipinski definition) is 5. The molecule has 0 radical (unpaired) electrons. The molecule has 0 spiro atoms. The topological polar surface area (TPSA) is 29.0 Å². The van der Waals surface area contributed by atoms with Crippen molar-refractivity contribution >= 4 is 22.7 Å². The minimum Gasteiger partial charge on any atom is -0.295 e. The third kappa shape index (κ3) is 3.09. The predicted molar refractivity (Wildman–Crippen MR) is 64.1 cm³/mol. The molecule has 0 amide bonds. The zero-order chi connectivity index (χ0) is 10.7. The van der Waals surface area contributed by atoms with Gasteiger partial charge in [-0.3, -0.25) is 9.88 Å². The van der Waals surface area contributed by atoms with Gasteiger partial charge in [-0.05, 0) is 14.0 Å². The zero-order valence-corrected chi connectivity index (χ0v) is 10.4. The molecule has 0 saturated carbocycles. The van der Waals surface area contributed by atoms with Gasteiger partial charge in [0, 0.05) is 28.7 Å². The Morgan fingerprint density at radius 2 is 2.20 bits per heavy atom. The van der Waals surface area contributed by atoms with Crippen molar-refractivity contribution in [2.75, 3.05) is 7.05 Å². The van der Waals surface area contributed by atoms with Crippen molar-refractivity contribution < 1.29 is 0 Å². The van der Waals surface area contributed by atoms with E-state index in [0.717, 1.165) is 18.8 Å². The van der Waals surface area contributed by atoms with Crippen LogP contribution in [0.3, 0.4) is 0 Å². The predicted octanol–water partition coefficient (Wildman–Crippen LogP) is 2.54. The molecule has 15 heavy (non-hydrogen) atoms.